The minimum Gasteiger partial charge on any atom is -0.330 e. The molecular formula is C18H29N. The third-order valence-corrected chi connectivity index (χ3v) is 8.49. The fraction of sp³-hybridized carbons (Fsp3) is 1.00. The average molecular weight is 259 g/mol. The molecule has 0 heterocycles. The van der Waals surface area contributed by atoms with Crippen LogP contribution in [0.5, 0.6) is 0 Å². The summed E-state index contributed by atoms with van der Waals surface area (Å²) in [7, 11) is 0. The van der Waals surface area contributed by atoms with Gasteiger partial charge in [0, 0.05) is 0 Å². The Morgan fingerprint density at radius 3 is 1.79 bits per heavy atom. The highest BCUT2D eigenvalue weighted by atomic mass is 14.8. The monoisotopic (exact) mass is 259 g/mol. The maximum absolute atomic E-state index is 6.44. The lowest BCUT2D eigenvalue weighted by Crippen LogP contribution is -2.53. The third kappa shape index (κ3) is 1.23. The molecule has 0 aliphatic heterocycles. The molecule has 6 fully saturated rings. The van der Waals surface area contributed by atoms with E-state index in [2.05, 4.69) is 0 Å². The normalized spacial score (nSPS) is 57.0. The lowest BCUT2D eigenvalue weighted by atomic mass is 9.44. The SMILES string of the molecule is NCC1(C23CC4CC(CC(C4)C2)C3)CC12CCCC2. The van der Waals surface area contributed by atoms with Gasteiger partial charge in [-0.3, -0.25) is 0 Å². The molecule has 106 valence electrons. The molecule has 0 radical (unpaired) electrons. The molecule has 6 saturated carbocycles. The van der Waals surface area contributed by atoms with Crippen LogP contribution in [0.25, 0.3) is 0 Å². The first-order valence-electron chi connectivity index (χ1n) is 8.91. The Hall–Kier alpha value is -0.0400. The molecule has 1 atom stereocenters. The Labute approximate surface area is 117 Å². The summed E-state index contributed by atoms with van der Waals surface area (Å²) in [6, 6.07) is 0. The van der Waals surface area contributed by atoms with Crippen molar-refractivity contribution in [2.24, 2.45) is 39.7 Å². The third-order valence-electron chi connectivity index (χ3n) is 8.49. The molecule has 0 amide bonds. The number of rotatable bonds is 2. The summed E-state index contributed by atoms with van der Waals surface area (Å²) in [5.41, 5.74) is 8.49. The molecule has 1 heteroatoms. The predicted molar refractivity (Wildman–Crippen MR) is 77.6 cm³/mol. The summed E-state index contributed by atoms with van der Waals surface area (Å²) in [6.07, 6.45) is 17.0. The molecule has 2 N–H and O–H groups in total. The first-order chi connectivity index (χ1) is 9.21. The van der Waals surface area contributed by atoms with Crippen molar-refractivity contribution in [1.82, 2.24) is 0 Å². The van der Waals surface area contributed by atoms with E-state index in [1.807, 2.05) is 0 Å². The number of nitrogens with two attached hydrogens (primary N) is 1. The molecule has 6 aliphatic rings. The van der Waals surface area contributed by atoms with Crippen molar-refractivity contribution in [1.29, 1.82) is 0 Å². The van der Waals surface area contributed by atoms with E-state index in [9.17, 15) is 0 Å². The van der Waals surface area contributed by atoms with Gasteiger partial charge in [0.25, 0.3) is 0 Å². The van der Waals surface area contributed by atoms with E-state index in [0.29, 0.717) is 10.8 Å². The summed E-state index contributed by atoms with van der Waals surface area (Å²) < 4.78 is 0. The summed E-state index contributed by atoms with van der Waals surface area (Å²) in [5.74, 6) is 3.27. The van der Waals surface area contributed by atoms with E-state index in [1.165, 1.54) is 32.1 Å². The Morgan fingerprint density at radius 1 is 0.789 bits per heavy atom. The Balaban J connectivity index is 1.55. The molecular weight excluding hydrogens is 230 g/mol. The van der Waals surface area contributed by atoms with Crippen LogP contribution in [-0.4, -0.2) is 6.54 Å². The standard InChI is InChI=1S/C18H29N/c19-12-18(11-16(18)3-1-2-4-16)17-8-13-5-14(9-17)7-15(6-13)10-17/h13-15H,1-12,19H2. The summed E-state index contributed by atoms with van der Waals surface area (Å²) >= 11 is 0. The summed E-state index contributed by atoms with van der Waals surface area (Å²) in [6.45, 7) is 1.01. The van der Waals surface area contributed by atoms with Crippen LogP contribution < -0.4 is 5.73 Å². The lowest BCUT2D eigenvalue weighted by molar-refractivity contribution is -0.106. The fourth-order valence-electron chi connectivity index (χ4n) is 8.19. The second-order valence-electron chi connectivity index (χ2n) is 9.15. The lowest BCUT2D eigenvalue weighted by Gasteiger charge is -2.61. The van der Waals surface area contributed by atoms with Crippen LogP contribution in [0.1, 0.15) is 70.6 Å². The van der Waals surface area contributed by atoms with Gasteiger partial charge in [0.05, 0.1) is 0 Å². The quantitative estimate of drug-likeness (QED) is 0.793. The van der Waals surface area contributed by atoms with E-state index in [4.69, 9.17) is 5.73 Å². The first-order valence-corrected chi connectivity index (χ1v) is 8.91. The predicted octanol–water partition coefficient (Wildman–Crippen LogP) is 4.11. The van der Waals surface area contributed by atoms with Gasteiger partial charge in [-0.25, -0.2) is 0 Å². The molecule has 1 unspecified atom stereocenters. The highest BCUT2D eigenvalue weighted by Crippen LogP contribution is 2.83. The van der Waals surface area contributed by atoms with E-state index in [-0.39, 0.29) is 0 Å². The molecule has 0 aromatic carbocycles. The molecule has 4 bridgehead atoms. The van der Waals surface area contributed by atoms with Crippen molar-refractivity contribution in [2.75, 3.05) is 6.54 Å². The van der Waals surface area contributed by atoms with Gasteiger partial charge in [-0.05, 0) is 98.3 Å². The van der Waals surface area contributed by atoms with Crippen molar-refractivity contribution >= 4 is 0 Å². The van der Waals surface area contributed by atoms with Crippen LogP contribution in [0.2, 0.25) is 0 Å². The molecule has 0 aromatic heterocycles. The summed E-state index contributed by atoms with van der Waals surface area (Å²) in [4.78, 5) is 0. The van der Waals surface area contributed by atoms with Crippen LogP contribution in [0.3, 0.4) is 0 Å². The molecule has 1 spiro atoms. The molecule has 0 aromatic rings. The number of hydrogen-bond donors (Lipinski definition) is 1. The zero-order chi connectivity index (χ0) is 12.7. The van der Waals surface area contributed by atoms with Crippen LogP contribution >= 0.6 is 0 Å². The second-order valence-corrected chi connectivity index (χ2v) is 9.15. The van der Waals surface area contributed by atoms with Gasteiger partial charge in [-0.2, -0.15) is 0 Å². The van der Waals surface area contributed by atoms with Crippen molar-refractivity contribution in [2.45, 2.75) is 70.6 Å². The topological polar surface area (TPSA) is 26.0 Å². The van der Waals surface area contributed by atoms with Gasteiger partial charge >= 0.3 is 0 Å². The van der Waals surface area contributed by atoms with Gasteiger partial charge in [-0.1, -0.05) is 12.8 Å². The Bertz CT molecular complexity index is 371. The Morgan fingerprint density at radius 2 is 1.32 bits per heavy atom. The average Bonchev–Trinajstić information content (AvgIpc) is 2.77. The molecule has 1 nitrogen and oxygen atoms in total. The van der Waals surface area contributed by atoms with Crippen molar-refractivity contribution in [3.63, 3.8) is 0 Å². The highest BCUT2D eigenvalue weighted by Gasteiger charge is 2.76. The van der Waals surface area contributed by atoms with Gasteiger partial charge < -0.3 is 5.73 Å². The van der Waals surface area contributed by atoms with Crippen LogP contribution in [0.4, 0.5) is 0 Å². The smallest absolute Gasteiger partial charge is 0.000965 e. The minimum atomic E-state index is 0.604. The second kappa shape index (κ2) is 3.40. The van der Waals surface area contributed by atoms with E-state index in [1.54, 1.807) is 38.5 Å². The van der Waals surface area contributed by atoms with E-state index in [0.717, 1.165) is 29.7 Å². The van der Waals surface area contributed by atoms with Gasteiger partial charge in [0.15, 0.2) is 0 Å². The molecule has 19 heavy (non-hydrogen) atoms. The van der Waals surface area contributed by atoms with Crippen LogP contribution in [0, 0.1) is 34.0 Å². The van der Waals surface area contributed by atoms with Crippen molar-refractivity contribution in [3.05, 3.63) is 0 Å². The van der Waals surface area contributed by atoms with E-state index < -0.39 is 0 Å². The maximum atomic E-state index is 6.44. The molecule has 6 aliphatic carbocycles. The highest BCUT2D eigenvalue weighted by molar-refractivity contribution is 5.26. The maximum Gasteiger partial charge on any atom is -0.000965 e. The Kier molecular flexibility index (Phi) is 2.08. The fourth-order valence-corrected chi connectivity index (χ4v) is 8.19. The number of hydrogen-bond acceptors (Lipinski definition) is 1. The zero-order valence-electron chi connectivity index (χ0n) is 12.3. The van der Waals surface area contributed by atoms with Crippen LogP contribution in [0.15, 0.2) is 0 Å². The van der Waals surface area contributed by atoms with Crippen molar-refractivity contribution < 1.29 is 0 Å². The first kappa shape index (κ1) is 11.6. The van der Waals surface area contributed by atoms with Gasteiger partial charge in [-0.15, -0.1) is 0 Å². The van der Waals surface area contributed by atoms with Gasteiger partial charge in [0.1, 0.15) is 0 Å². The minimum absolute atomic E-state index is 0.604. The molecule has 6 rings (SSSR count). The summed E-state index contributed by atoms with van der Waals surface area (Å²) in [5, 5.41) is 0. The van der Waals surface area contributed by atoms with Crippen molar-refractivity contribution in [3.8, 4) is 0 Å². The van der Waals surface area contributed by atoms with Crippen LogP contribution in [-0.2, 0) is 0 Å². The largest absolute Gasteiger partial charge is 0.330 e. The van der Waals surface area contributed by atoms with E-state index >= 15 is 0 Å². The molecule has 0 saturated heterocycles. The van der Waals surface area contributed by atoms with Gasteiger partial charge in [0.2, 0.25) is 0 Å². The zero-order valence-corrected chi connectivity index (χ0v) is 12.3.